The van der Waals surface area contributed by atoms with Crippen LogP contribution in [-0.4, -0.2) is 4.57 Å². The molecule has 0 saturated carbocycles. The largest absolute Gasteiger partial charge is 0.325 e. The SMILES string of the molecule is Cl.Cn1c(CN)c(-c2ccccc2)c2ccc(Cl)cc2c1=O. The molecule has 2 aromatic carbocycles. The van der Waals surface area contributed by atoms with Gasteiger partial charge in [0.1, 0.15) is 0 Å². The van der Waals surface area contributed by atoms with Gasteiger partial charge in [0.25, 0.3) is 5.56 Å². The first-order valence-electron chi connectivity index (χ1n) is 6.70. The summed E-state index contributed by atoms with van der Waals surface area (Å²) in [4.78, 5) is 12.5. The van der Waals surface area contributed by atoms with Gasteiger partial charge in [-0.2, -0.15) is 0 Å². The lowest BCUT2D eigenvalue weighted by Gasteiger charge is -2.16. The van der Waals surface area contributed by atoms with E-state index in [1.807, 2.05) is 36.4 Å². The molecule has 0 fully saturated rings. The third kappa shape index (κ3) is 2.63. The number of aromatic nitrogens is 1. The summed E-state index contributed by atoms with van der Waals surface area (Å²) in [5.74, 6) is 0. The molecule has 0 unspecified atom stereocenters. The van der Waals surface area contributed by atoms with E-state index in [9.17, 15) is 4.79 Å². The molecule has 0 atom stereocenters. The minimum atomic E-state index is -0.0763. The van der Waals surface area contributed by atoms with Gasteiger partial charge in [-0.3, -0.25) is 4.79 Å². The van der Waals surface area contributed by atoms with Gasteiger partial charge in [-0.05, 0) is 23.1 Å². The Morgan fingerprint density at radius 3 is 2.41 bits per heavy atom. The summed E-state index contributed by atoms with van der Waals surface area (Å²) >= 11 is 6.04. The molecule has 0 saturated heterocycles. The van der Waals surface area contributed by atoms with Crippen LogP contribution in [0, 0.1) is 0 Å². The molecule has 5 heteroatoms. The van der Waals surface area contributed by atoms with Crippen molar-refractivity contribution in [3.05, 3.63) is 69.6 Å². The smallest absolute Gasteiger partial charge is 0.258 e. The van der Waals surface area contributed by atoms with Crippen LogP contribution in [-0.2, 0) is 13.6 Å². The van der Waals surface area contributed by atoms with Crippen molar-refractivity contribution < 1.29 is 0 Å². The molecular weight excluding hydrogens is 319 g/mol. The molecule has 0 radical (unpaired) electrons. The lowest BCUT2D eigenvalue weighted by molar-refractivity contribution is 0.785. The third-order valence-electron chi connectivity index (χ3n) is 3.74. The number of nitrogens with two attached hydrogens (primary N) is 1. The first-order valence-corrected chi connectivity index (χ1v) is 7.08. The van der Waals surface area contributed by atoms with Crippen LogP contribution in [0.3, 0.4) is 0 Å². The second-order valence-corrected chi connectivity index (χ2v) is 5.38. The molecule has 3 aromatic rings. The molecule has 2 N–H and O–H groups in total. The molecule has 3 rings (SSSR count). The molecular formula is C17H16Cl2N2O. The number of pyridine rings is 1. The highest BCUT2D eigenvalue weighted by atomic mass is 35.5. The van der Waals surface area contributed by atoms with E-state index in [1.165, 1.54) is 0 Å². The summed E-state index contributed by atoms with van der Waals surface area (Å²) in [7, 11) is 1.75. The Labute approximate surface area is 139 Å². The zero-order chi connectivity index (χ0) is 15.0. The standard InChI is InChI=1S/C17H15ClN2O.ClH/c1-20-15(10-19)16(11-5-3-2-4-6-11)13-8-7-12(18)9-14(13)17(20)21;/h2-9H,10,19H2,1H3;1H. The summed E-state index contributed by atoms with van der Waals surface area (Å²) in [5, 5.41) is 2.05. The fourth-order valence-electron chi connectivity index (χ4n) is 2.70. The second kappa shape index (κ2) is 6.53. The number of benzene rings is 2. The summed E-state index contributed by atoms with van der Waals surface area (Å²) in [6.07, 6.45) is 0. The van der Waals surface area contributed by atoms with Gasteiger partial charge >= 0.3 is 0 Å². The Morgan fingerprint density at radius 2 is 1.77 bits per heavy atom. The predicted molar refractivity (Wildman–Crippen MR) is 94.8 cm³/mol. The van der Waals surface area contributed by atoms with Crippen LogP contribution in [0.1, 0.15) is 5.69 Å². The molecule has 0 aliphatic carbocycles. The molecule has 0 bridgehead atoms. The number of fused-ring (bicyclic) bond motifs is 1. The Morgan fingerprint density at radius 1 is 1.09 bits per heavy atom. The van der Waals surface area contributed by atoms with Crippen molar-refractivity contribution >= 4 is 34.8 Å². The highest BCUT2D eigenvalue weighted by Crippen LogP contribution is 2.31. The van der Waals surface area contributed by atoms with Crippen molar-refractivity contribution in [2.45, 2.75) is 6.54 Å². The van der Waals surface area contributed by atoms with E-state index < -0.39 is 0 Å². The van der Waals surface area contributed by atoms with Gasteiger partial charge in [0.2, 0.25) is 0 Å². The molecule has 114 valence electrons. The number of halogens is 2. The van der Waals surface area contributed by atoms with E-state index in [0.29, 0.717) is 17.0 Å². The van der Waals surface area contributed by atoms with E-state index >= 15 is 0 Å². The highest BCUT2D eigenvalue weighted by molar-refractivity contribution is 6.31. The van der Waals surface area contributed by atoms with Crippen LogP contribution in [0.5, 0.6) is 0 Å². The average Bonchev–Trinajstić information content (AvgIpc) is 2.51. The van der Waals surface area contributed by atoms with E-state index in [1.54, 1.807) is 23.7 Å². The normalized spacial score (nSPS) is 10.5. The Hall–Kier alpha value is -1.81. The van der Waals surface area contributed by atoms with Gasteiger partial charge in [0, 0.05) is 35.3 Å². The van der Waals surface area contributed by atoms with E-state index in [4.69, 9.17) is 17.3 Å². The fraction of sp³-hybridized carbons (Fsp3) is 0.118. The van der Waals surface area contributed by atoms with Crippen LogP contribution in [0.25, 0.3) is 21.9 Å². The van der Waals surface area contributed by atoms with Crippen molar-refractivity contribution in [2.24, 2.45) is 12.8 Å². The monoisotopic (exact) mass is 334 g/mol. The maximum absolute atomic E-state index is 12.5. The summed E-state index contributed by atoms with van der Waals surface area (Å²) in [6, 6.07) is 15.4. The third-order valence-corrected chi connectivity index (χ3v) is 3.97. The van der Waals surface area contributed by atoms with Gasteiger partial charge < -0.3 is 10.3 Å². The number of hydrogen-bond acceptors (Lipinski definition) is 2. The Bertz CT molecular complexity index is 873. The molecule has 22 heavy (non-hydrogen) atoms. The maximum atomic E-state index is 12.5. The first kappa shape index (κ1) is 16.6. The topological polar surface area (TPSA) is 48.0 Å². The molecule has 1 aromatic heterocycles. The number of hydrogen-bond donors (Lipinski definition) is 1. The number of rotatable bonds is 2. The highest BCUT2D eigenvalue weighted by Gasteiger charge is 2.15. The van der Waals surface area contributed by atoms with Crippen molar-refractivity contribution in [2.75, 3.05) is 0 Å². The molecule has 0 aliphatic heterocycles. The van der Waals surface area contributed by atoms with Crippen molar-refractivity contribution in [1.29, 1.82) is 0 Å². The van der Waals surface area contributed by atoms with Crippen LogP contribution >= 0.6 is 24.0 Å². The zero-order valence-electron chi connectivity index (χ0n) is 12.0. The average molecular weight is 335 g/mol. The lowest BCUT2D eigenvalue weighted by Crippen LogP contribution is -2.23. The molecule has 3 nitrogen and oxygen atoms in total. The maximum Gasteiger partial charge on any atom is 0.258 e. The van der Waals surface area contributed by atoms with Crippen LogP contribution < -0.4 is 11.3 Å². The van der Waals surface area contributed by atoms with E-state index in [2.05, 4.69) is 0 Å². The zero-order valence-corrected chi connectivity index (χ0v) is 13.6. The van der Waals surface area contributed by atoms with Crippen molar-refractivity contribution in [3.63, 3.8) is 0 Å². The minimum absolute atomic E-state index is 0. The van der Waals surface area contributed by atoms with Crippen molar-refractivity contribution in [1.82, 2.24) is 4.57 Å². The first-order chi connectivity index (χ1) is 10.1. The van der Waals surface area contributed by atoms with Crippen LogP contribution in [0.2, 0.25) is 5.02 Å². The quantitative estimate of drug-likeness (QED) is 0.776. The summed E-state index contributed by atoms with van der Waals surface area (Å²) < 4.78 is 1.61. The van der Waals surface area contributed by atoms with Gasteiger partial charge in [-0.1, -0.05) is 48.0 Å². The summed E-state index contributed by atoms with van der Waals surface area (Å²) in [6.45, 7) is 0.300. The van der Waals surface area contributed by atoms with Gasteiger partial charge in [0.15, 0.2) is 0 Å². The van der Waals surface area contributed by atoms with Crippen LogP contribution in [0.15, 0.2) is 53.3 Å². The lowest BCUT2D eigenvalue weighted by atomic mass is 9.97. The molecule has 0 aliphatic rings. The Kier molecular flexibility index (Phi) is 4.91. The van der Waals surface area contributed by atoms with E-state index in [0.717, 1.165) is 22.2 Å². The number of nitrogens with zero attached hydrogens (tertiary/aromatic N) is 1. The molecule has 0 amide bonds. The molecule has 0 spiro atoms. The molecule has 1 heterocycles. The predicted octanol–water partition coefficient (Wildman–Crippen LogP) is 3.74. The fourth-order valence-corrected chi connectivity index (χ4v) is 2.88. The summed E-state index contributed by atoms with van der Waals surface area (Å²) in [5.41, 5.74) is 8.67. The van der Waals surface area contributed by atoms with E-state index in [-0.39, 0.29) is 18.0 Å². The van der Waals surface area contributed by atoms with Crippen LogP contribution in [0.4, 0.5) is 0 Å². The van der Waals surface area contributed by atoms with Gasteiger partial charge in [-0.25, -0.2) is 0 Å². The van der Waals surface area contributed by atoms with Crippen molar-refractivity contribution in [3.8, 4) is 11.1 Å². The second-order valence-electron chi connectivity index (χ2n) is 4.95. The van der Waals surface area contributed by atoms with Gasteiger partial charge in [-0.15, -0.1) is 12.4 Å². The van der Waals surface area contributed by atoms with Gasteiger partial charge in [0.05, 0.1) is 0 Å². The Balaban J connectivity index is 0.00000176. The minimum Gasteiger partial charge on any atom is -0.325 e.